The molecule has 84 heavy (non-hydrogen) atoms. The first-order valence-electron chi connectivity index (χ1n) is 27.4. The lowest BCUT2D eigenvalue weighted by molar-refractivity contribution is 0.0686. The van der Waals surface area contributed by atoms with E-state index in [1.807, 2.05) is 146 Å². The zero-order chi connectivity index (χ0) is 57.8. The minimum absolute atomic E-state index is 0.195. The summed E-state index contributed by atoms with van der Waals surface area (Å²) in [7, 11) is 0. The van der Waals surface area contributed by atoms with E-state index in [-0.39, 0.29) is 22.3 Å². The van der Waals surface area contributed by atoms with E-state index < -0.39 is 23.9 Å². The monoisotopic (exact) mass is 1120 g/mol. The van der Waals surface area contributed by atoms with Gasteiger partial charge in [-0.25, -0.2) is 39.1 Å². The number of nitrogens with zero attached hydrogens (tertiary/aromatic N) is 10. The second-order valence-corrected chi connectivity index (χ2v) is 20.8. The molecule has 12 aromatic rings. The molecular weight excluding hydrogens is 1060 g/mol. The van der Waals surface area contributed by atoms with Gasteiger partial charge < -0.3 is 38.7 Å². The third-order valence-electron chi connectivity index (χ3n) is 15.3. The number of imidazole rings is 4. The van der Waals surface area contributed by atoms with Crippen LogP contribution in [0.2, 0.25) is 0 Å². The number of fused-ring (bicyclic) bond motifs is 4. The lowest BCUT2D eigenvalue weighted by Gasteiger charge is -2.28. The Morgan fingerprint density at radius 1 is 0.298 bits per heavy atom. The third kappa shape index (κ3) is 11.6. The highest BCUT2D eigenvalue weighted by atomic mass is 16.4. The molecule has 12 rings (SSSR count). The average Bonchev–Trinajstić information content (AvgIpc) is 4.45. The Labute approximate surface area is 481 Å². The normalized spacial score (nSPS) is 11.7. The molecule has 0 saturated heterocycles. The van der Waals surface area contributed by atoms with Gasteiger partial charge in [0.1, 0.15) is 23.3 Å². The Balaban J connectivity index is 0.960. The van der Waals surface area contributed by atoms with E-state index in [2.05, 4.69) is 28.1 Å². The molecule has 0 spiro atoms. The van der Waals surface area contributed by atoms with E-state index in [4.69, 9.17) is 19.9 Å². The predicted octanol–water partition coefficient (Wildman–Crippen LogP) is 10.8. The van der Waals surface area contributed by atoms with E-state index in [0.29, 0.717) is 65.4 Å². The quantitative estimate of drug-likeness (QED) is 0.0467. The molecule has 0 atom stereocenters. The second kappa shape index (κ2) is 23.5. The van der Waals surface area contributed by atoms with E-state index in [0.717, 1.165) is 89.7 Å². The van der Waals surface area contributed by atoms with Crippen molar-refractivity contribution < 1.29 is 39.6 Å². The number of carbonyl (C=O) groups is 4. The fourth-order valence-electron chi connectivity index (χ4n) is 10.9. The molecule has 0 unspecified atom stereocenters. The van der Waals surface area contributed by atoms with Gasteiger partial charge in [-0.1, -0.05) is 97.1 Å². The lowest BCUT2D eigenvalue weighted by atomic mass is 10.1. The lowest BCUT2D eigenvalue weighted by Crippen LogP contribution is -2.36. The summed E-state index contributed by atoms with van der Waals surface area (Å²) in [5.41, 5.74) is 11.3. The molecule has 0 aliphatic carbocycles. The standard InChI is InChI=1S/C66H56N10O8/c77-63(78)47-25-17-43(18-26-47)35-73-55-13-5-1-9-51(55)67-59(73)39-71(40-60-68-52-10-2-6-14-56(52)74(60)36-44-19-27-48(28-20-44)64(79)80)33-34-72(41-61-69-53-11-3-7-15-57(53)75(61)37-45-21-29-49(30-22-45)65(81)82)42-62-70-54-12-4-8-16-58(54)76(62)38-46-23-31-50(32-24-46)66(83)84/h1-32H,33-42H2,(H,77,78)(H,79,80)(H,81,82)(H,83,84). The molecular formula is C66H56N10O8. The average molecular weight is 1120 g/mol. The molecule has 418 valence electrons. The number of aromatic nitrogens is 8. The van der Waals surface area contributed by atoms with Crippen LogP contribution in [0.1, 0.15) is 87.0 Å². The van der Waals surface area contributed by atoms with Gasteiger partial charge in [-0.2, -0.15) is 0 Å². The number of rotatable bonds is 23. The predicted molar refractivity (Wildman–Crippen MR) is 317 cm³/mol. The van der Waals surface area contributed by atoms with Gasteiger partial charge in [-0.05, 0) is 119 Å². The molecule has 18 heteroatoms. The number of hydrogen-bond acceptors (Lipinski definition) is 10. The van der Waals surface area contributed by atoms with Gasteiger partial charge in [0.05, 0.1) is 92.6 Å². The summed E-state index contributed by atoms with van der Waals surface area (Å²) in [4.78, 5) is 73.4. The van der Waals surface area contributed by atoms with Gasteiger partial charge in [0.15, 0.2) is 0 Å². The molecule has 0 aliphatic rings. The van der Waals surface area contributed by atoms with Crippen LogP contribution in [0.4, 0.5) is 0 Å². The minimum Gasteiger partial charge on any atom is -0.478 e. The maximum absolute atomic E-state index is 11.9. The molecule has 4 N–H and O–H groups in total. The highest BCUT2D eigenvalue weighted by Crippen LogP contribution is 2.27. The van der Waals surface area contributed by atoms with E-state index in [1.165, 1.54) is 0 Å². The molecule has 0 amide bonds. The van der Waals surface area contributed by atoms with E-state index in [1.54, 1.807) is 48.5 Å². The van der Waals surface area contributed by atoms with Gasteiger partial charge in [-0.3, -0.25) is 9.80 Å². The van der Waals surface area contributed by atoms with Gasteiger partial charge >= 0.3 is 23.9 Å². The highest BCUT2D eigenvalue weighted by Gasteiger charge is 2.24. The molecule has 4 heterocycles. The highest BCUT2D eigenvalue weighted by molar-refractivity contribution is 5.89. The van der Waals surface area contributed by atoms with Crippen molar-refractivity contribution in [3.63, 3.8) is 0 Å². The fraction of sp³-hybridized carbons (Fsp3) is 0.152. The smallest absolute Gasteiger partial charge is 0.335 e. The molecule has 8 aromatic carbocycles. The molecule has 0 saturated carbocycles. The minimum atomic E-state index is -1.00. The third-order valence-corrected chi connectivity index (χ3v) is 15.3. The van der Waals surface area contributed by atoms with Crippen LogP contribution in [0.25, 0.3) is 44.1 Å². The molecule has 0 fully saturated rings. The van der Waals surface area contributed by atoms with E-state index in [9.17, 15) is 39.6 Å². The number of carboxylic acid groups (broad SMARTS) is 4. The molecule has 18 nitrogen and oxygen atoms in total. The van der Waals surface area contributed by atoms with Crippen LogP contribution in [0.5, 0.6) is 0 Å². The van der Waals surface area contributed by atoms with Crippen LogP contribution in [0.15, 0.2) is 194 Å². The fourth-order valence-corrected chi connectivity index (χ4v) is 10.9. The second-order valence-electron chi connectivity index (χ2n) is 20.8. The molecule has 0 radical (unpaired) electrons. The zero-order valence-corrected chi connectivity index (χ0v) is 45.4. The summed E-state index contributed by atoms with van der Waals surface area (Å²) in [5.74, 6) is -0.886. The van der Waals surface area contributed by atoms with Gasteiger partial charge in [0.2, 0.25) is 0 Å². The SMILES string of the molecule is O=C(O)c1ccc(Cn2c(CN(CCN(Cc3nc4ccccc4n3Cc3ccc(C(=O)O)cc3)Cc3nc4ccccc4n3Cc3ccc(C(=O)O)cc3)Cc3nc4ccccc4n3Cc3ccc(C(=O)O)cc3)nc3ccccc32)cc1. The summed E-state index contributed by atoms with van der Waals surface area (Å²) in [6, 6.07) is 59.5. The number of carboxylic acids is 4. The maximum atomic E-state index is 11.9. The van der Waals surface area contributed by atoms with Gasteiger partial charge in [-0.15, -0.1) is 0 Å². The van der Waals surface area contributed by atoms with Crippen molar-refractivity contribution in [1.82, 2.24) is 48.0 Å². The van der Waals surface area contributed by atoms with Crippen molar-refractivity contribution in [2.24, 2.45) is 0 Å². The molecule has 0 bridgehead atoms. The zero-order valence-electron chi connectivity index (χ0n) is 45.4. The molecule has 4 aromatic heterocycles. The van der Waals surface area contributed by atoms with Crippen LogP contribution in [0.3, 0.4) is 0 Å². The number of hydrogen-bond donors (Lipinski definition) is 4. The number of benzene rings is 8. The topological polar surface area (TPSA) is 227 Å². The van der Waals surface area contributed by atoms with Crippen LogP contribution >= 0.6 is 0 Å². The van der Waals surface area contributed by atoms with Crippen molar-refractivity contribution in [1.29, 1.82) is 0 Å². The Kier molecular flexibility index (Phi) is 15.1. The maximum Gasteiger partial charge on any atom is 0.335 e. The van der Waals surface area contributed by atoms with Crippen LogP contribution in [-0.4, -0.2) is 105 Å². The van der Waals surface area contributed by atoms with E-state index >= 15 is 0 Å². The first-order chi connectivity index (χ1) is 40.9. The first kappa shape index (κ1) is 54.0. The van der Waals surface area contributed by atoms with Crippen molar-refractivity contribution in [2.45, 2.75) is 52.4 Å². The van der Waals surface area contributed by atoms with Crippen molar-refractivity contribution in [3.05, 3.63) is 262 Å². The summed E-state index contributed by atoms with van der Waals surface area (Å²) in [6.45, 7) is 4.08. The molecule has 0 aliphatic heterocycles. The number of para-hydroxylation sites is 8. The summed E-state index contributed by atoms with van der Waals surface area (Å²) < 4.78 is 8.72. The summed E-state index contributed by atoms with van der Waals surface area (Å²) in [5, 5.41) is 39.0. The first-order valence-corrected chi connectivity index (χ1v) is 27.4. The summed E-state index contributed by atoms with van der Waals surface area (Å²) in [6.07, 6.45) is 0. The Morgan fingerprint density at radius 2 is 0.500 bits per heavy atom. The summed E-state index contributed by atoms with van der Waals surface area (Å²) >= 11 is 0. The van der Waals surface area contributed by atoms with Crippen LogP contribution < -0.4 is 0 Å². The Morgan fingerprint density at radius 3 is 0.702 bits per heavy atom. The largest absolute Gasteiger partial charge is 0.478 e. The van der Waals surface area contributed by atoms with Crippen LogP contribution in [-0.2, 0) is 52.4 Å². The Hall–Kier alpha value is -10.6. The van der Waals surface area contributed by atoms with Crippen molar-refractivity contribution in [3.8, 4) is 0 Å². The number of aromatic carboxylic acids is 4. The Bertz CT molecular complexity index is 3850. The van der Waals surface area contributed by atoms with Crippen LogP contribution in [0, 0.1) is 0 Å². The van der Waals surface area contributed by atoms with Gasteiger partial charge in [0.25, 0.3) is 0 Å². The van der Waals surface area contributed by atoms with Crippen molar-refractivity contribution in [2.75, 3.05) is 13.1 Å². The van der Waals surface area contributed by atoms with Crippen molar-refractivity contribution >= 4 is 68.0 Å². The van der Waals surface area contributed by atoms with Gasteiger partial charge in [0, 0.05) is 39.3 Å².